The molecule has 0 spiro atoms. The van der Waals surface area contributed by atoms with Gasteiger partial charge in [0, 0.05) is 103 Å². The molecule has 0 aliphatic carbocycles. The van der Waals surface area contributed by atoms with Crippen molar-refractivity contribution in [3.8, 4) is 0 Å². The predicted molar refractivity (Wildman–Crippen MR) is 384 cm³/mol. The van der Waals surface area contributed by atoms with Gasteiger partial charge in [-0.2, -0.15) is 0 Å². The number of methoxy groups -OCH3 is 2. The number of hydrogen-bond acceptors (Lipinski definition) is 16. The van der Waals surface area contributed by atoms with Gasteiger partial charge < -0.3 is 55.7 Å². The van der Waals surface area contributed by atoms with E-state index in [2.05, 4.69) is 22.9 Å². The molecule has 9 amide bonds. The van der Waals surface area contributed by atoms with Gasteiger partial charge in [-0.05, 0) is 104 Å². The van der Waals surface area contributed by atoms with Gasteiger partial charge in [0.1, 0.15) is 12.4 Å². The van der Waals surface area contributed by atoms with E-state index in [1.54, 1.807) is 75.7 Å². The number of aliphatic carboxylic acids is 1. The number of urea groups is 1. The van der Waals surface area contributed by atoms with E-state index in [4.69, 9.17) is 19.9 Å². The first-order valence-electron chi connectivity index (χ1n) is 36.0. The van der Waals surface area contributed by atoms with Crippen LogP contribution in [0.3, 0.4) is 0 Å². The molecular formula is C75H116N8O16S. The smallest absolute Gasteiger partial charge is 0.410 e. The maximum atomic E-state index is 14.9. The van der Waals surface area contributed by atoms with Crippen LogP contribution in [0.15, 0.2) is 54.6 Å². The van der Waals surface area contributed by atoms with Gasteiger partial charge in [-0.25, -0.2) is 9.59 Å². The number of benzene rings is 2. The Morgan fingerprint density at radius 3 is 2.00 bits per heavy atom. The van der Waals surface area contributed by atoms with Crippen molar-refractivity contribution in [2.75, 3.05) is 59.0 Å². The zero-order chi connectivity index (χ0) is 74.5. The highest BCUT2D eigenvalue weighted by Crippen LogP contribution is 2.33. The molecule has 0 aromatic heterocycles. The molecule has 558 valence electrons. The molecule has 2 saturated heterocycles. The van der Waals surface area contributed by atoms with Gasteiger partial charge in [-0.1, -0.05) is 131 Å². The summed E-state index contributed by atoms with van der Waals surface area (Å²) in [5, 5.41) is 18.0. The minimum atomic E-state index is -1.07. The van der Waals surface area contributed by atoms with Crippen molar-refractivity contribution in [3.05, 3.63) is 65.7 Å². The second-order valence-corrected chi connectivity index (χ2v) is 29.6. The summed E-state index contributed by atoms with van der Waals surface area (Å²) in [5.41, 5.74) is 7.03. The van der Waals surface area contributed by atoms with Crippen molar-refractivity contribution in [1.82, 2.24) is 30.2 Å². The zero-order valence-corrected chi connectivity index (χ0v) is 62.6. The highest BCUT2D eigenvalue weighted by molar-refractivity contribution is 8.00. The molecule has 2 fully saturated rings. The fraction of sp³-hybridized carbons (Fsp3) is 0.680. The predicted octanol–water partition coefficient (Wildman–Crippen LogP) is 9.66. The molecule has 0 saturated carbocycles. The second-order valence-electron chi connectivity index (χ2n) is 28.2. The lowest BCUT2D eigenvalue weighted by molar-refractivity contribution is -0.149. The summed E-state index contributed by atoms with van der Waals surface area (Å²) in [7, 11) is 6.13. The third-order valence-electron chi connectivity index (χ3n) is 19.8. The van der Waals surface area contributed by atoms with Crippen LogP contribution in [0.5, 0.6) is 0 Å². The van der Waals surface area contributed by atoms with Crippen molar-refractivity contribution in [3.63, 3.8) is 0 Å². The van der Waals surface area contributed by atoms with Crippen LogP contribution >= 0.6 is 11.8 Å². The number of anilines is 1. The number of carbonyl (C=O) groups is 12. The van der Waals surface area contributed by atoms with Crippen LogP contribution in [0.25, 0.3) is 0 Å². The van der Waals surface area contributed by atoms with Crippen molar-refractivity contribution in [2.45, 2.75) is 227 Å². The standard InChI is InChI=1S/C75H116N8O16S/c1-15-17-38-100-62-44-65(89)83(72(62)92)36-23-19-22-30-63(87)79-66(47(5)6)59(85)40-53(28-24-35-77-74(76)95)70(90)78-55-33-31-52(32-34-55)45-99-75(96)81(12)67(48(7)8)60(86)42-56(46(3)4)71(91)80(11)68(49(9)16-2)61(97-13)43-64(88)82-37-25-29-57(82)69(98-14)50(10)58(84)41-54(73(93)94)39-51-26-20-18-21-27-51/h18,20-21,26-27,31-34,46-50,53-54,56-57,61-62,66-69H,15-17,19,22-25,28-30,35-45H2,1-14H3,(H,78,90)(H,79,87)(H,93,94)(H3,76,77,95)/t49-,50-,53+,54+,56-,57-,61+,62?,66-,67-,68-,69+/m0/s1. The van der Waals surface area contributed by atoms with Gasteiger partial charge in [0.25, 0.3) is 0 Å². The molecule has 0 bridgehead atoms. The Labute approximate surface area is 597 Å². The Morgan fingerprint density at radius 1 is 0.740 bits per heavy atom. The summed E-state index contributed by atoms with van der Waals surface area (Å²) in [4.78, 5) is 168. The van der Waals surface area contributed by atoms with Gasteiger partial charge in [-0.3, -0.25) is 52.8 Å². The Balaban J connectivity index is 1.36. The number of primary amides is 1. The highest BCUT2D eigenvalue weighted by atomic mass is 32.2. The summed E-state index contributed by atoms with van der Waals surface area (Å²) in [6.45, 7) is 19.3. The van der Waals surface area contributed by atoms with E-state index in [0.29, 0.717) is 69.3 Å². The van der Waals surface area contributed by atoms with E-state index in [1.165, 1.54) is 42.8 Å². The van der Waals surface area contributed by atoms with E-state index in [1.807, 2.05) is 58.0 Å². The molecule has 24 nitrogen and oxygen atoms in total. The third-order valence-corrected chi connectivity index (χ3v) is 21.0. The molecule has 100 heavy (non-hydrogen) atoms. The Kier molecular flexibility index (Phi) is 36.5. The number of nitrogens with one attached hydrogen (secondary N) is 3. The summed E-state index contributed by atoms with van der Waals surface area (Å²) in [6, 6.07) is 12.0. The lowest BCUT2D eigenvalue weighted by Crippen LogP contribution is -2.54. The van der Waals surface area contributed by atoms with Crippen LogP contribution in [0.1, 0.15) is 183 Å². The maximum absolute atomic E-state index is 14.9. The van der Waals surface area contributed by atoms with Gasteiger partial charge in [-0.15, -0.1) is 11.8 Å². The average molecular weight is 1420 g/mol. The maximum Gasteiger partial charge on any atom is 0.410 e. The van der Waals surface area contributed by atoms with Crippen LogP contribution in [0, 0.1) is 47.3 Å². The van der Waals surface area contributed by atoms with Gasteiger partial charge >= 0.3 is 18.1 Å². The molecule has 6 N–H and O–H groups in total. The van der Waals surface area contributed by atoms with Gasteiger partial charge in [0.15, 0.2) is 11.6 Å². The molecule has 12 atom stereocenters. The molecule has 1 unspecified atom stereocenters. The molecule has 2 heterocycles. The summed E-state index contributed by atoms with van der Waals surface area (Å²) >= 11 is 1.53. The van der Waals surface area contributed by atoms with E-state index >= 15 is 0 Å². The molecule has 25 heteroatoms. The minimum absolute atomic E-state index is 0.0975. The molecule has 2 aromatic carbocycles. The van der Waals surface area contributed by atoms with Crippen LogP contribution in [0.2, 0.25) is 0 Å². The quantitative estimate of drug-likeness (QED) is 0.0304. The van der Waals surface area contributed by atoms with Crippen molar-refractivity contribution >= 4 is 88.3 Å². The topological polar surface area (TPSA) is 328 Å². The Bertz CT molecular complexity index is 3020. The number of rotatable bonds is 46. The first-order chi connectivity index (χ1) is 47.4. The van der Waals surface area contributed by atoms with E-state index in [0.717, 1.165) is 24.2 Å². The summed E-state index contributed by atoms with van der Waals surface area (Å²) < 4.78 is 17.8. The van der Waals surface area contributed by atoms with Crippen LogP contribution in [-0.4, -0.2) is 191 Å². The van der Waals surface area contributed by atoms with E-state index < -0.39 is 90.0 Å². The molecule has 0 radical (unpaired) electrons. The van der Waals surface area contributed by atoms with Crippen LogP contribution in [0.4, 0.5) is 15.3 Å². The van der Waals surface area contributed by atoms with E-state index in [9.17, 15) is 62.6 Å². The lowest BCUT2D eigenvalue weighted by Gasteiger charge is -2.41. The number of amides is 9. The molecule has 4 rings (SSSR count). The summed E-state index contributed by atoms with van der Waals surface area (Å²) in [5.74, 6) is -7.44. The fourth-order valence-electron chi connectivity index (χ4n) is 13.7. The normalized spacial score (nSPS) is 17.7. The van der Waals surface area contributed by atoms with Crippen molar-refractivity contribution in [1.29, 1.82) is 0 Å². The number of Topliss-reactive ketones (excluding diaryl/α,β-unsaturated/α-hetero) is 3. The number of thioether (sulfide) groups is 1. The number of hydrogen-bond donors (Lipinski definition) is 5. The second kappa shape index (κ2) is 42.9. The molecular weight excluding hydrogens is 1300 g/mol. The van der Waals surface area contributed by atoms with E-state index in [-0.39, 0.29) is 134 Å². The number of carboxylic acids is 1. The number of likely N-dealkylation sites (N-methyl/N-ethyl adjacent to an activating group) is 2. The first-order valence-corrected chi connectivity index (χ1v) is 37.0. The lowest BCUT2D eigenvalue weighted by atomic mass is 9.83. The molecule has 2 aliphatic rings. The number of ether oxygens (including phenoxy) is 3. The van der Waals surface area contributed by atoms with Crippen molar-refractivity contribution < 1.29 is 76.9 Å². The monoisotopic (exact) mass is 1420 g/mol. The largest absolute Gasteiger partial charge is 0.481 e. The summed E-state index contributed by atoms with van der Waals surface area (Å²) in [6.07, 6.45) is 3.52. The van der Waals surface area contributed by atoms with Crippen LogP contribution < -0.4 is 21.7 Å². The number of imide groups is 1. The first kappa shape index (κ1) is 85.2. The fourth-order valence-corrected chi connectivity index (χ4v) is 15.0. The third kappa shape index (κ3) is 26.0. The number of carbonyl (C=O) groups excluding carboxylic acids is 11. The average Bonchev–Trinajstić information content (AvgIpc) is 1.30. The number of likely N-dealkylation sites (tertiary alicyclic amines) is 2. The number of nitrogens with two attached hydrogens (primary N) is 1. The van der Waals surface area contributed by atoms with Crippen molar-refractivity contribution in [2.24, 2.45) is 53.1 Å². The Morgan fingerprint density at radius 2 is 1.41 bits per heavy atom. The van der Waals surface area contributed by atoms with Gasteiger partial charge in [0.2, 0.25) is 35.4 Å². The zero-order valence-electron chi connectivity index (χ0n) is 61.8. The SMILES string of the molecule is CCCCSC1CC(=O)N(CCCCCC(=O)N[C@H](C(=O)C[C@@H](CCCNC(N)=O)C(=O)Nc2ccc(COC(=O)N(C)[C@H](C(=O)C[C@H](C(=O)N(C)[C@@H]([C@@H](C)CC)[C@@H](CC(=O)N3CCC[C@H]3[C@H](OC)[C@@H](C)C(=O)C[C@@H](Cc3ccccc3)C(=O)O)OC)C(C)C)C(C)C)cc2)C(C)C)C1=O. The molecule has 2 aromatic rings. The number of carboxylic acid groups (broad SMARTS) is 1. The Hall–Kier alpha value is -7.25. The molecule has 2 aliphatic heterocycles. The number of unbranched alkanes of at least 4 members (excludes halogenated alkanes) is 3. The number of ketones is 3. The number of nitrogens with zero attached hydrogens (tertiary/aromatic N) is 4. The minimum Gasteiger partial charge on any atom is -0.481 e. The highest BCUT2D eigenvalue weighted by Gasteiger charge is 2.45. The van der Waals surface area contributed by atoms with Gasteiger partial charge in [0.05, 0.1) is 54.0 Å². The van der Waals surface area contributed by atoms with Crippen LogP contribution in [-0.2, 0) is 75.2 Å².